The number of ether oxygens (including phenoxy) is 2. The van der Waals surface area contributed by atoms with Crippen molar-refractivity contribution >= 4 is 0 Å². The fraction of sp³-hybridized carbons (Fsp3) is 0.647. The summed E-state index contributed by atoms with van der Waals surface area (Å²) in [5, 5.41) is 0. The Kier molecular flexibility index (Phi) is 5.86. The SMILES string of the molecule is Cc1cc(OCCCN2CCOCC2)ccc1C(C)C. The van der Waals surface area contributed by atoms with Crippen LogP contribution in [0.3, 0.4) is 0 Å². The highest BCUT2D eigenvalue weighted by Crippen LogP contribution is 2.23. The van der Waals surface area contributed by atoms with Gasteiger partial charge in [0.05, 0.1) is 19.8 Å². The molecule has 1 aromatic rings. The molecule has 1 aromatic carbocycles. The zero-order valence-corrected chi connectivity index (χ0v) is 13.0. The lowest BCUT2D eigenvalue weighted by atomic mass is 9.98. The molecule has 0 spiro atoms. The van der Waals surface area contributed by atoms with E-state index in [1.165, 1.54) is 11.1 Å². The van der Waals surface area contributed by atoms with E-state index in [9.17, 15) is 0 Å². The van der Waals surface area contributed by atoms with Gasteiger partial charge in [-0.05, 0) is 42.5 Å². The van der Waals surface area contributed by atoms with Crippen LogP contribution in [0.25, 0.3) is 0 Å². The van der Waals surface area contributed by atoms with Gasteiger partial charge in [0, 0.05) is 19.6 Å². The van der Waals surface area contributed by atoms with Gasteiger partial charge in [-0.3, -0.25) is 4.90 Å². The molecule has 1 saturated heterocycles. The van der Waals surface area contributed by atoms with Crippen LogP contribution in [-0.2, 0) is 4.74 Å². The van der Waals surface area contributed by atoms with E-state index in [0.29, 0.717) is 5.92 Å². The van der Waals surface area contributed by atoms with Crippen molar-refractivity contribution in [2.45, 2.75) is 33.1 Å². The highest BCUT2D eigenvalue weighted by molar-refractivity contribution is 5.36. The second-order valence-corrected chi connectivity index (χ2v) is 5.83. The summed E-state index contributed by atoms with van der Waals surface area (Å²) in [6.07, 6.45) is 1.07. The van der Waals surface area contributed by atoms with Crippen LogP contribution in [0, 0.1) is 6.92 Å². The molecule has 1 aliphatic rings. The van der Waals surface area contributed by atoms with Crippen LogP contribution in [-0.4, -0.2) is 44.4 Å². The number of rotatable bonds is 6. The molecule has 1 fully saturated rings. The lowest BCUT2D eigenvalue weighted by Crippen LogP contribution is -2.37. The van der Waals surface area contributed by atoms with Crippen molar-refractivity contribution in [3.05, 3.63) is 29.3 Å². The molecule has 0 unspecified atom stereocenters. The van der Waals surface area contributed by atoms with E-state index in [1.54, 1.807) is 0 Å². The molecule has 0 bridgehead atoms. The van der Waals surface area contributed by atoms with Crippen molar-refractivity contribution in [1.29, 1.82) is 0 Å². The van der Waals surface area contributed by atoms with Gasteiger partial charge in [0.1, 0.15) is 5.75 Å². The summed E-state index contributed by atoms with van der Waals surface area (Å²) in [6.45, 7) is 12.4. The second-order valence-electron chi connectivity index (χ2n) is 5.83. The zero-order valence-electron chi connectivity index (χ0n) is 13.0. The van der Waals surface area contributed by atoms with Gasteiger partial charge in [0.15, 0.2) is 0 Å². The van der Waals surface area contributed by atoms with Gasteiger partial charge >= 0.3 is 0 Å². The summed E-state index contributed by atoms with van der Waals surface area (Å²) in [5.74, 6) is 1.57. The molecule has 1 heterocycles. The molecule has 0 saturated carbocycles. The molecule has 0 aromatic heterocycles. The Labute approximate surface area is 122 Å². The standard InChI is InChI=1S/C17H27NO2/c1-14(2)17-6-5-16(13-15(17)3)20-10-4-7-18-8-11-19-12-9-18/h5-6,13-14H,4,7-12H2,1-3H3. The Hall–Kier alpha value is -1.06. The number of benzene rings is 1. The highest BCUT2D eigenvalue weighted by Gasteiger charge is 2.09. The first-order valence-electron chi connectivity index (χ1n) is 7.70. The zero-order chi connectivity index (χ0) is 14.4. The van der Waals surface area contributed by atoms with E-state index in [2.05, 4.69) is 43.9 Å². The number of morpholine rings is 1. The topological polar surface area (TPSA) is 21.7 Å². The Bertz CT molecular complexity index is 411. The van der Waals surface area contributed by atoms with Gasteiger partial charge in [-0.1, -0.05) is 19.9 Å². The van der Waals surface area contributed by atoms with Crippen LogP contribution in [0.5, 0.6) is 5.75 Å². The van der Waals surface area contributed by atoms with Crippen molar-refractivity contribution in [2.75, 3.05) is 39.5 Å². The summed E-state index contributed by atoms with van der Waals surface area (Å²) in [6, 6.07) is 6.44. The minimum Gasteiger partial charge on any atom is -0.494 e. The van der Waals surface area contributed by atoms with Crippen LogP contribution in [0.1, 0.15) is 37.3 Å². The van der Waals surface area contributed by atoms with Crippen LogP contribution in [0.15, 0.2) is 18.2 Å². The van der Waals surface area contributed by atoms with Crippen molar-refractivity contribution in [2.24, 2.45) is 0 Å². The third-order valence-corrected chi connectivity index (χ3v) is 3.85. The minimum absolute atomic E-state index is 0.574. The maximum Gasteiger partial charge on any atom is 0.119 e. The normalized spacial score (nSPS) is 16.6. The van der Waals surface area contributed by atoms with Gasteiger partial charge in [0.25, 0.3) is 0 Å². The molecule has 20 heavy (non-hydrogen) atoms. The number of hydrogen-bond donors (Lipinski definition) is 0. The van der Waals surface area contributed by atoms with E-state index in [0.717, 1.165) is 51.6 Å². The predicted octanol–water partition coefficient (Wildman–Crippen LogP) is 3.22. The van der Waals surface area contributed by atoms with E-state index >= 15 is 0 Å². The molecular formula is C17H27NO2. The molecule has 112 valence electrons. The third kappa shape index (κ3) is 4.50. The first kappa shape index (κ1) is 15.3. The van der Waals surface area contributed by atoms with E-state index < -0.39 is 0 Å². The summed E-state index contributed by atoms with van der Waals surface area (Å²) >= 11 is 0. The molecule has 0 amide bonds. The van der Waals surface area contributed by atoms with Crippen molar-refractivity contribution in [1.82, 2.24) is 4.90 Å². The predicted molar refractivity (Wildman–Crippen MR) is 82.6 cm³/mol. The minimum atomic E-state index is 0.574. The molecule has 1 aliphatic heterocycles. The Balaban J connectivity index is 1.72. The van der Waals surface area contributed by atoms with Crippen LogP contribution in [0.2, 0.25) is 0 Å². The molecule has 3 heteroatoms. The van der Waals surface area contributed by atoms with E-state index in [1.807, 2.05) is 0 Å². The van der Waals surface area contributed by atoms with E-state index in [-0.39, 0.29) is 0 Å². The molecule has 0 aliphatic carbocycles. The van der Waals surface area contributed by atoms with Gasteiger partial charge < -0.3 is 9.47 Å². The van der Waals surface area contributed by atoms with Crippen LogP contribution < -0.4 is 4.74 Å². The number of nitrogens with zero attached hydrogens (tertiary/aromatic N) is 1. The maximum absolute atomic E-state index is 5.85. The van der Waals surface area contributed by atoms with Gasteiger partial charge in [0.2, 0.25) is 0 Å². The Morgan fingerprint density at radius 2 is 2.00 bits per heavy atom. The summed E-state index contributed by atoms with van der Waals surface area (Å²) in [4.78, 5) is 2.44. The maximum atomic E-state index is 5.85. The largest absolute Gasteiger partial charge is 0.494 e. The Morgan fingerprint density at radius 3 is 2.65 bits per heavy atom. The summed E-state index contributed by atoms with van der Waals surface area (Å²) in [7, 11) is 0. The fourth-order valence-electron chi connectivity index (χ4n) is 2.69. The molecule has 0 atom stereocenters. The van der Waals surface area contributed by atoms with E-state index in [4.69, 9.17) is 9.47 Å². The van der Waals surface area contributed by atoms with Crippen LogP contribution >= 0.6 is 0 Å². The Morgan fingerprint density at radius 1 is 1.25 bits per heavy atom. The quantitative estimate of drug-likeness (QED) is 0.745. The van der Waals surface area contributed by atoms with Crippen molar-refractivity contribution in [3.63, 3.8) is 0 Å². The summed E-state index contributed by atoms with van der Waals surface area (Å²) in [5.41, 5.74) is 2.73. The first-order valence-corrected chi connectivity index (χ1v) is 7.70. The number of aryl methyl sites for hydroxylation is 1. The average molecular weight is 277 g/mol. The lowest BCUT2D eigenvalue weighted by molar-refractivity contribution is 0.0358. The molecule has 0 N–H and O–H groups in total. The third-order valence-electron chi connectivity index (χ3n) is 3.85. The van der Waals surface area contributed by atoms with Crippen molar-refractivity contribution in [3.8, 4) is 5.75 Å². The van der Waals surface area contributed by atoms with Crippen molar-refractivity contribution < 1.29 is 9.47 Å². The molecular weight excluding hydrogens is 250 g/mol. The van der Waals surface area contributed by atoms with Gasteiger partial charge in [-0.2, -0.15) is 0 Å². The number of hydrogen-bond acceptors (Lipinski definition) is 3. The molecule has 2 rings (SSSR count). The lowest BCUT2D eigenvalue weighted by Gasteiger charge is -2.26. The van der Waals surface area contributed by atoms with Crippen LogP contribution in [0.4, 0.5) is 0 Å². The summed E-state index contributed by atoms with van der Waals surface area (Å²) < 4.78 is 11.2. The fourth-order valence-corrected chi connectivity index (χ4v) is 2.69. The van der Waals surface area contributed by atoms with Gasteiger partial charge in [-0.15, -0.1) is 0 Å². The smallest absolute Gasteiger partial charge is 0.119 e. The monoisotopic (exact) mass is 277 g/mol. The first-order chi connectivity index (χ1) is 9.66. The average Bonchev–Trinajstić information content (AvgIpc) is 2.44. The second kappa shape index (κ2) is 7.65. The van der Waals surface area contributed by atoms with Gasteiger partial charge in [-0.25, -0.2) is 0 Å². The highest BCUT2D eigenvalue weighted by atomic mass is 16.5. The molecule has 3 nitrogen and oxygen atoms in total. The molecule has 0 radical (unpaired) electrons.